The number of hydrogen-bond acceptors (Lipinski definition) is 24. The number of aliphatic hydroxyl groups excluding tert-OH is 9. The molecule has 1 aliphatic carbocycles. The average molecular weight is 1710 g/mol. The first-order chi connectivity index (χ1) is 57.1. The van der Waals surface area contributed by atoms with Crippen molar-refractivity contribution in [3.63, 3.8) is 0 Å². The van der Waals surface area contributed by atoms with Gasteiger partial charge in [0.15, 0.2) is 24.8 Å². The predicted molar refractivity (Wildman–Crippen MR) is 458 cm³/mol. The number of aliphatic hydroxyl groups is 9. The van der Waals surface area contributed by atoms with Crippen LogP contribution in [0.2, 0.25) is 0 Å². The number of rotatable bonds is 77. The summed E-state index contributed by atoms with van der Waals surface area (Å²) in [6.45, 7) is 7.90. The van der Waals surface area contributed by atoms with E-state index in [1.54, 1.807) is 0 Å². The predicted octanol–water partition coefficient (Wildman–Crippen LogP) is 17.8. The molecule has 19 unspecified atom stereocenters. The highest BCUT2D eigenvalue weighted by Gasteiger charge is 2.60. The maximum atomic E-state index is 14.9. The van der Waals surface area contributed by atoms with E-state index in [2.05, 4.69) is 46.8 Å². The Morgan fingerprint density at radius 3 is 1.10 bits per heavy atom. The molecule has 0 aromatic rings. The summed E-state index contributed by atoms with van der Waals surface area (Å²) in [6, 6.07) is 0. The van der Waals surface area contributed by atoms with Gasteiger partial charge in [-0.1, -0.05) is 349 Å². The van der Waals surface area contributed by atoms with Crippen LogP contribution >= 0.6 is 7.82 Å². The Balaban J connectivity index is 1.92. The number of phosphoric acid groups is 1. The molecule has 3 aliphatic rings. The SMILES string of the molecule is CCCCCCCC/C=C\CCCCCC(=O)OC(COC(=O)CCCCCCCCCCCCCCCCC)COP(=O)(O)OC1C(OC2OC(CO)C(O)C(O)C2O)C(O)C(O)C(OC(=O)CCCCCCCCC(C)CCCCCCCC)C1OC1OC(COC(=O)CCCCCCCCCCCCCCCCC)C(O)C(O)C1O. The Morgan fingerprint density at radius 2 is 0.686 bits per heavy atom. The number of hydrogen-bond donors (Lipinski definition) is 10. The molecule has 2 saturated heterocycles. The third-order valence-electron chi connectivity index (χ3n) is 23.7. The third-order valence-corrected chi connectivity index (χ3v) is 24.7. The highest BCUT2D eigenvalue weighted by atomic mass is 31.2. The van der Waals surface area contributed by atoms with E-state index in [-0.39, 0.29) is 25.7 Å². The van der Waals surface area contributed by atoms with Crippen LogP contribution in [0, 0.1) is 5.92 Å². The van der Waals surface area contributed by atoms with Gasteiger partial charge in [0, 0.05) is 25.7 Å². The van der Waals surface area contributed by atoms with Gasteiger partial charge in [0.1, 0.15) is 92.6 Å². The van der Waals surface area contributed by atoms with Crippen LogP contribution in [0.5, 0.6) is 0 Å². The first kappa shape index (κ1) is 109. The van der Waals surface area contributed by atoms with Crippen LogP contribution in [0.1, 0.15) is 413 Å². The van der Waals surface area contributed by atoms with Crippen LogP contribution in [0.15, 0.2) is 12.2 Å². The molecule has 2 aliphatic heterocycles. The summed E-state index contributed by atoms with van der Waals surface area (Å²) in [5.41, 5.74) is 0. The number of ether oxygens (including phenoxy) is 8. The zero-order valence-corrected chi connectivity index (χ0v) is 75.0. The zero-order chi connectivity index (χ0) is 86.2. The Labute approximate surface area is 712 Å². The Kier molecular flexibility index (Phi) is 65.2. The van der Waals surface area contributed by atoms with Crippen LogP contribution in [0.3, 0.4) is 0 Å². The van der Waals surface area contributed by atoms with Gasteiger partial charge in [-0.05, 0) is 57.3 Å². The summed E-state index contributed by atoms with van der Waals surface area (Å²) in [7, 11) is -5.81. The highest BCUT2D eigenvalue weighted by Crippen LogP contribution is 2.49. The first-order valence-electron chi connectivity index (χ1n) is 47.8. The smallest absolute Gasteiger partial charge is 0.463 e. The van der Waals surface area contributed by atoms with Gasteiger partial charge in [0.2, 0.25) is 0 Å². The molecule has 25 nitrogen and oxygen atoms in total. The molecule has 2 heterocycles. The third kappa shape index (κ3) is 50.4. The van der Waals surface area contributed by atoms with Crippen LogP contribution in [0.25, 0.3) is 0 Å². The van der Waals surface area contributed by atoms with Crippen molar-refractivity contribution in [3.05, 3.63) is 12.2 Å². The van der Waals surface area contributed by atoms with Gasteiger partial charge >= 0.3 is 31.7 Å². The van der Waals surface area contributed by atoms with Crippen molar-refractivity contribution < 1.29 is 122 Å². The topological polar surface area (TPSA) is 380 Å². The molecule has 0 bridgehead atoms. The molecule has 694 valence electrons. The van der Waals surface area contributed by atoms with E-state index in [9.17, 15) is 74.6 Å². The van der Waals surface area contributed by atoms with E-state index in [1.807, 2.05) is 0 Å². The fourth-order valence-corrected chi connectivity index (χ4v) is 16.9. The second-order valence-electron chi connectivity index (χ2n) is 34.5. The maximum absolute atomic E-state index is 14.9. The number of esters is 4. The quantitative estimate of drug-likeness (QED) is 0.00889. The lowest BCUT2D eigenvalue weighted by atomic mass is 9.84. The van der Waals surface area contributed by atoms with Gasteiger partial charge in [-0.2, -0.15) is 0 Å². The fourth-order valence-electron chi connectivity index (χ4n) is 16.0. The lowest BCUT2D eigenvalue weighted by Crippen LogP contribution is -2.70. The van der Waals surface area contributed by atoms with Crippen molar-refractivity contribution in [1.29, 1.82) is 0 Å². The molecule has 0 amide bonds. The van der Waals surface area contributed by atoms with Gasteiger partial charge in [-0.3, -0.25) is 28.2 Å². The normalized spacial score (nSPS) is 25.2. The van der Waals surface area contributed by atoms with Crippen molar-refractivity contribution in [2.45, 2.75) is 518 Å². The van der Waals surface area contributed by atoms with Gasteiger partial charge in [0.05, 0.1) is 13.2 Å². The van der Waals surface area contributed by atoms with Crippen molar-refractivity contribution in [2.24, 2.45) is 5.92 Å². The van der Waals surface area contributed by atoms with Gasteiger partial charge in [0.25, 0.3) is 0 Å². The number of phosphoric ester groups is 1. The largest absolute Gasteiger partial charge is 0.472 e. The molecular formula is C92H171O25P. The molecule has 10 N–H and O–H groups in total. The second kappa shape index (κ2) is 70.4. The summed E-state index contributed by atoms with van der Waals surface area (Å²) in [4.78, 5) is 66.5. The summed E-state index contributed by atoms with van der Waals surface area (Å²) in [5, 5.41) is 102. The number of unbranched alkanes of at least 4 members (excludes halogenated alkanes) is 47. The van der Waals surface area contributed by atoms with E-state index in [1.165, 1.54) is 193 Å². The Bertz CT molecular complexity index is 2520. The van der Waals surface area contributed by atoms with Crippen LogP contribution in [-0.4, -0.2) is 205 Å². The van der Waals surface area contributed by atoms with E-state index in [4.69, 9.17) is 46.9 Å². The second-order valence-corrected chi connectivity index (χ2v) is 35.9. The molecule has 26 heteroatoms. The van der Waals surface area contributed by atoms with Crippen molar-refractivity contribution in [3.8, 4) is 0 Å². The van der Waals surface area contributed by atoms with Crippen LogP contribution in [0.4, 0.5) is 0 Å². The first-order valence-corrected chi connectivity index (χ1v) is 49.3. The van der Waals surface area contributed by atoms with Crippen molar-refractivity contribution in [1.82, 2.24) is 0 Å². The molecule has 0 spiro atoms. The minimum atomic E-state index is -5.81. The summed E-state index contributed by atoms with van der Waals surface area (Å²) < 4.78 is 73.5. The number of carbonyl (C=O) groups excluding carboxylic acids is 4. The molecule has 118 heavy (non-hydrogen) atoms. The van der Waals surface area contributed by atoms with E-state index in [0.717, 1.165) is 122 Å². The summed E-state index contributed by atoms with van der Waals surface area (Å²) >= 11 is 0. The Morgan fingerprint density at radius 1 is 0.356 bits per heavy atom. The number of carbonyl (C=O) groups is 4. The lowest BCUT2D eigenvalue weighted by molar-refractivity contribution is -0.360. The fraction of sp³-hybridized carbons (Fsp3) is 0.935. The van der Waals surface area contributed by atoms with E-state index in [0.29, 0.717) is 44.4 Å². The molecule has 3 rings (SSSR count). The molecule has 0 aromatic carbocycles. The van der Waals surface area contributed by atoms with Gasteiger partial charge in [-0.25, -0.2) is 4.57 Å². The van der Waals surface area contributed by atoms with Crippen molar-refractivity contribution in [2.75, 3.05) is 26.4 Å². The Hall–Kier alpha value is -2.79. The number of allylic oxidation sites excluding steroid dienone is 2. The molecular weight excluding hydrogens is 1540 g/mol. The minimum Gasteiger partial charge on any atom is -0.463 e. The van der Waals surface area contributed by atoms with Crippen LogP contribution in [-0.2, 0) is 70.7 Å². The minimum absolute atomic E-state index is 0.0178. The summed E-state index contributed by atoms with van der Waals surface area (Å²) in [6.07, 6.45) is 27.8. The highest BCUT2D eigenvalue weighted by molar-refractivity contribution is 7.47. The average Bonchev–Trinajstić information content (AvgIpc) is 0.755. The molecule has 19 atom stereocenters. The van der Waals surface area contributed by atoms with Crippen molar-refractivity contribution >= 4 is 31.7 Å². The van der Waals surface area contributed by atoms with E-state index < -0.39 is 162 Å². The molecule has 1 saturated carbocycles. The molecule has 0 aromatic heterocycles. The molecule has 3 fully saturated rings. The maximum Gasteiger partial charge on any atom is 0.472 e. The summed E-state index contributed by atoms with van der Waals surface area (Å²) in [5.74, 6) is -2.34. The zero-order valence-electron chi connectivity index (χ0n) is 74.1. The molecule has 0 radical (unpaired) electrons. The lowest BCUT2D eigenvalue weighted by Gasteiger charge is -2.50. The van der Waals surface area contributed by atoms with E-state index >= 15 is 0 Å². The van der Waals surface area contributed by atoms with Crippen LogP contribution < -0.4 is 0 Å². The monoisotopic (exact) mass is 1710 g/mol. The van der Waals surface area contributed by atoms with Gasteiger partial charge < -0.3 is 88.7 Å². The van der Waals surface area contributed by atoms with Gasteiger partial charge in [-0.15, -0.1) is 0 Å². The standard InChI is InChI=1S/C92H171O25P/c1-6-10-14-18-22-25-28-31-33-36-38-41-44-51-57-63-75(94)108-68-72(111-77(96)65-59-53-46-43-40-35-30-27-24-20-16-12-8-3)69-110-118(106,107)117-90-88(115-91-85(104)81(100)79(98)73(67-93)112-91)84(103)83(102)87(114-78(97)66-60-54-48-47-50-56-62-71(5)61-55-49-21-17-13-9-4)89(90)116-92-86(105)82(101)80(99)74(113-92)70-109-76(95)64-58-52-45-42-39-37-34-32-29-26-23-19-15-11-7-2/h35,40,71-74,79-93,98-105H,6-34,36-39,41-70H2,1-5H3,(H,106,107)/b40-35-.